The van der Waals surface area contributed by atoms with Gasteiger partial charge >= 0.3 is 6.18 Å². The minimum atomic E-state index is -4.55. The van der Waals surface area contributed by atoms with E-state index < -0.39 is 11.9 Å². The number of rotatable bonds is 5. The minimum Gasteiger partial charge on any atom is -0.367 e. The lowest BCUT2D eigenvalue weighted by molar-refractivity contribution is -0.141. The van der Waals surface area contributed by atoms with E-state index in [0.29, 0.717) is 42.3 Å². The highest BCUT2D eigenvalue weighted by Gasteiger charge is 2.34. The SMILES string of the molecule is Cc1ccc(-c2ncccn2)c(C(=O)N2CC[C@@H](C)C[C@H]2CNc2cnc(C(F)(F)F)cn2)n1. The first-order valence-electron chi connectivity index (χ1n) is 10.9. The lowest BCUT2D eigenvalue weighted by Crippen LogP contribution is -2.49. The first-order chi connectivity index (χ1) is 16.2. The first-order valence-corrected chi connectivity index (χ1v) is 10.9. The Morgan fingerprint density at radius 1 is 1.15 bits per heavy atom. The second-order valence-corrected chi connectivity index (χ2v) is 8.37. The molecule has 4 rings (SSSR count). The molecule has 0 bridgehead atoms. The highest BCUT2D eigenvalue weighted by atomic mass is 19.4. The number of carbonyl (C=O) groups is 1. The fourth-order valence-corrected chi connectivity index (χ4v) is 3.97. The van der Waals surface area contributed by atoms with Crippen LogP contribution in [0.2, 0.25) is 0 Å². The lowest BCUT2D eigenvalue weighted by atomic mass is 9.91. The largest absolute Gasteiger partial charge is 0.434 e. The summed E-state index contributed by atoms with van der Waals surface area (Å²) in [5, 5.41) is 3.03. The Bertz CT molecular complexity index is 1140. The van der Waals surface area contributed by atoms with Crippen LogP contribution in [-0.2, 0) is 6.18 Å². The van der Waals surface area contributed by atoms with Crippen LogP contribution in [0.4, 0.5) is 19.0 Å². The second-order valence-electron chi connectivity index (χ2n) is 8.37. The summed E-state index contributed by atoms with van der Waals surface area (Å²) in [6, 6.07) is 5.10. The third kappa shape index (κ3) is 5.29. The number of pyridine rings is 1. The summed E-state index contributed by atoms with van der Waals surface area (Å²) >= 11 is 0. The van der Waals surface area contributed by atoms with Crippen molar-refractivity contribution in [3.05, 3.63) is 60.1 Å². The Kier molecular flexibility index (Phi) is 6.71. The molecule has 1 N–H and O–H groups in total. The number of alkyl halides is 3. The van der Waals surface area contributed by atoms with Crippen molar-refractivity contribution in [3.63, 3.8) is 0 Å². The Morgan fingerprint density at radius 3 is 2.59 bits per heavy atom. The number of amides is 1. The number of hydrogen-bond acceptors (Lipinski definition) is 7. The van der Waals surface area contributed by atoms with Gasteiger partial charge in [-0.15, -0.1) is 0 Å². The van der Waals surface area contributed by atoms with Crippen molar-refractivity contribution in [3.8, 4) is 11.4 Å². The van der Waals surface area contributed by atoms with E-state index in [2.05, 4.69) is 37.2 Å². The van der Waals surface area contributed by atoms with E-state index in [0.717, 1.165) is 19.0 Å². The smallest absolute Gasteiger partial charge is 0.367 e. The van der Waals surface area contributed by atoms with Crippen LogP contribution in [0, 0.1) is 12.8 Å². The number of carbonyl (C=O) groups excluding carboxylic acids is 1. The van der Waals surface area contributed by atoms with Crippen LogP contribution >= 0.6 is 0 Å². The van der Waals surface area contributed by atoms with Gasteiger partial charge in [-0.3, -0.25) is 4.79 Å². The number of nitrogens with zero attached hydrogens (tertiary/aromatic N) is 6. The van der Waals surface area contributed by atoms with Gasteiger partial charge in [-0.25, -0.2) is 24.9 Å². The van der Waals surface area contributed by atoms with Gasteiger partial charge in [0.15, 0.2) is 11.5 Å². The van der Waals surface area contributed by atoms with Crippen molar-refractivity contribution in [2.24, 2.45) is 5.92 Å². The van der Waals surface area contributed by atoms with Crippen molar-refractivity contribution < 1.29 is 18.0 Å². The summed E-state index contributed by atoms with van der Waals surface area (Å²) in [7, 11) is 0. The molecule has 0 saturated carbocycles. The molecule has 1 aliphatic rings. The number of aryl methyl sites for hydroxylation is 1. The molecule has 8 nitrogen and oxygen atoms in total. The average Bonchev–Trinajstić information content (AvgIpc) is 2.82. The van der Waals surface area contributed by atoms with E-state index in [9.17, 15) is 18.0 Å². The Morgan fingerprint density at radius 2 is 1.91 bits per heavy atom. The van der Waals surface area contributed by atoms with Crippen LogP contribution in [0.5, 0.6) is 0 Å². The quantitative estimate of drug-likeness (QED) is 0.601. The standard InChI is InChI=1S/C23H24F3N7O/c1-14-6-9-33(16(10-14)11-30-19-13-29-18(12-31-19)23(24,25)26)22(34)20-17(5-4-15(2)32-20)21-27-7-3-8-28-21/h3-5,7-8,12-14,16H,6,9-11H2,1-2H3,(H,30,31)/t14-,16+/m1/s1. The molecule has 0 aliphatic carbocycles. The second kappa shape index (κ2) is 9.70. The van der Waals surface area contributed by atoms with E-state index in [1.165, 1.54) is 0 Å². The number of aromatic nitrogens is 5. The number of piperidine rings is 1. The topological polar surface area (TPSA) is 96.8 Å². The van der Waals surface area contributed by atoms with Crippen LogP contribution in [0.1, 0.15) is 41.6 Å². The molecule has 2 atom stereocenters. The molecule has 3 aromatic rings. The predicted molar refractivity (Wildman–Crippen MR) is 119 cm³/mol. The fraction of sp³-hybridized carbons (Fsp3) is 0.391. The van der Waals surface area contributed by atoms with Crippen LogP contribution in [0.15, 0.2) is 43.0 Å². The van der Waals surface area contributed by atoms with E-state index in [1.807, 2.05) is 13.0 Å². The maximum Gasteiger partial charge on any atom is 0.434 e. The van der Waals surface area contributed by atoms with E-state index >= 15 is 0 Å². The molecular weight excluding hydrogens is 447 g/mol. The highest BCUT2D eigenvalue weighted by Crippen LogP contribution is 2.28. The zero-order valence-corrected chi connectivity index (χ0v) is 18.8. The van der Waals surface area contributed by atoms with Gasteiger partial charge in [-0.2, -0.15) is 13.2 Å². The van der Waals surface area contributed by atoms with E-state index in [1.54, 1.807) is 29.4 Å². The van der Waals surface area contributed by atoms with Gasteiger partial charge in [0.2, 0.25) is 0 Å². The van der Waals surface area contributed by atoms with Crippen molar-refractivity contribution in [2.45, 2.75) is 38.9 Å². The summed E-state index contributed by atoms with van der Waals surface area (Å²) in [5.74, 6) is 0.782. The van der Waals surface area contributed by atoms with Crippen molar-refractivity contribution >= 4 is 11.7 Å². The summed E-state index contributed by atoms with van der Waals surface area (Å²) in [5.41, 5.74) is 0.473. The van der Waals surface area contributed by atoms with E-state index in [-0.39, 0.29) is 23.5 Å². The van der Waals surface area contributed by atoms with Gasteiger partial charge < -0.3 is 10.2 Å². The minimum absolute atomic E-state index is 0.202. The number of likely N-dealkylation sites (tertiary alicyclic amines) is 1. The van der Waals surface area contributed by atoms with Crippen molar-refractivity contribution in [1.29, 1.82) is 0 Å². The van der Waals surface area contributed by atoms with Crippen molar-refractivity contribution in [2.75, 3.05) is 18.4 Å². The van der Waals surface area contributed by atoms with Gasteiger partial charge in [-0.05, 0) is 43.9 Å². The highest BCUT2D eigenvalue weighted by molar-refractivity contribution is 5.98. The summed E-state index contributed by atoms with van der Waals surface area (Å²) in [6.45, 7) is 4.78. The number of hydrogen-bond donors (Lipinski definition) is 1. The summed E-state index contributed by atoms with van der Waals surface area (Å²) in [6.07, 6.45) is 1.98. The van der Waals surface area contributed by atoms with Gasteiger partial charge in [0.1, 0.15) is 11.5 Å². The molecule has 1 fully saturated rings. The molecule has 4 heterocycles. The molecule has 1 saturated heterocycles. The number of halogens is 3. The van der Waals surface area contributed by atoms with Crippen LogP contribution < -0.4 is 5.32 Å². The Labute approximate surface area is 194 Å². The average molecular weight is 471 g/mol. The molecule has 1 amide bonds. The third-order valence-corrected chi connectivity index (χ3v) is 5.74. The number of nitrogens with one attached hydrogen (secondary N) is 1. The summed E-state index contributed by atoms with van der Waals surface area (Å²) < 4.78 is 38.2. The fourth-order valence-electron chi connectivity index (χ4n) is 3.97. The van der Waals surface area contributed by atoms with Gasteiger partial charge in [-0.1, -0.05) is 6.92 Å². The molecule has 0 radical (unpaired) electrons. The molecule has 0 spiro atoms. The normalized spacial score (nSPS) is 18.6. The molecule has 34 heavy (non-hydrogen) atoms. The molecule has 178 valence electrons. The van der Waals surface area contributed by atoms with Gasteiger partial charge in [0, 0.05) is 37.2 Å². The third-order valence-electron chi connectivity index (χ3n) is 5.74. The molecular formula is C23H24F3N7O. The monoisotopic (exact) mass is 471 g/mol. The first kappa shape index (κ1) is 23.5. The van der Waals surface area contributed by atoms with Crippen LogP contribution in [0.25, 0.3) is 11.4 Å². The van der Waals surface area contributed by atoms with Crippen LogP contribution in [-0.4, -0.2) is 54.9 Å². The molecule has 11 heteroatoms. The molecule has 1 aliphatic heterocycles. The van der Waals surface area contributed by atoms with Gasteiger partial charge in [0.25, 0.3) is 5.91 Å². The zero-order chi connectivity index (χ0) is 24.3. The predicted octanol–water partition coefficient (Wildman–Crippen LogP) is 4.01. The number of anilines is 1. The van der Waals surface area contributed by atoms with Crippen LogP contribution in [0.3, 0.4) is 0 Å². The Balaban J connectivity index is 1.56. The molecule has 3 aromatic heterocycles. The zero-order valence-electron chi connectivity index (χ0n) is 18.8. The summed E-state index contributed by atoms with van der Waals surface area (Å²) in [4.78, 5) is 35.7. The molecule has 0 aromatic carbocycles. The van der Waals surface area contributed by atoms with Gasteiger partial charge in [0.05, 0.1) is 18.0 Å². The van der Waals surface area contributed by atoms with E-state index in [4.69, 9.17) is 0 Å². The maximum atomic E-state index is 13.7. The Hall–Kier alpha value is -3.63. The van der Waals surface area contributed by atoms with Crippen molar-refractivity contribution in [1.82, 2.24) is 29.8 Å². The maximum absolute atomic E-state index is 13.7. The molecule has 0 unspecified atom stereocenters. The lowest BCUT2D eigenvalue weighted by Gasteiger charge is -2.38.